The molecule has 0 heterocycles. The van der Waals surface area contributed by atoms with Crippen molar-refractivity contribution in [2.45, 2.75) is 32.7 Å². The zero-order valence-corrected chi connectivity index (χ0v) is 13.5. The quantitative estimate of drug-likeness (QED) is 0.833. The molecule has 2 aromatic carbocycles. The van der Waals surface area contributed by atoms with Crippen LogP contribution in [-0.2, 0) is 4.79 Å². The van der Waals surface area contributed by atoms with Gasteiger partial charge in [0.2, 0.25) is 5.91 Å². The van der Waals surface area contributed by atoms with Gasteiger partial charge in [0, 0.05) is 0 Å². The molecule has 0 spiro atoms. The predicted octanol–water partition coefficient (Wildman–Crippen LogP) is 4.17. The molecule has 122 valence electrons. The Hall–Kier alpha value is -2.36. The fourth-order valence-corrected chi connectivity index (χ4v) is 2.30. The van der Waals surface area contributed by atoms with Gasteiger partial charge in [-0.1, -0.05) is 48.9 Å². The lowest BCUT2D eigenvalue weighted by Gasteiger charge is -2.18. The SMILES string of the molecule is CCC(NC(=O)CCOc1ccccc1F)c1ccc(C)cc1. The molecule has 1 unspecified atom stereocenters. The van der Waals surface area contributed by atoms with Crippen molar-refractivity contribution in [1.29, 1.82) is 0 Å². The van der Waals surface area contributed by atoms with Crippen LogP contribution in [0.2, 0.25) is 0 Å². The number of halogens is 1. The molecule has 3 nitrogen and oxygen atoms in total. The predicted molar refractivity (Wildman–Crippen MR) is 88.9 cm³/mol. The Morgan fingerprint density at radius 2 is 1.87 bits per heavy atom. The van der Waals surface area contributed by atoms with E-state index in [9.17, 15) is 9.18 Å². The van der Waals surface area contributed by atoms with E-state index in [-0.39, 0.29) is 30.7 Å². The maximum absolute atomic E-state index is 13.4. The number of carbonyl (C=O) groups is 1. The van der Waals surface area contributed by atoms with Gasteiger partial charge in [0.15, 0.2) is 11.6 Å². The lowest BCUT2D eigenvalue weighted by atomic mass is 10.0. The third kappa shape index (κ3) is 5.09. The normalized spacial score (nSPS) is 11.8. The molecule has 1 amide bonds. The molecular formula is C19H22FNO2. The molecule has 2 rings (SSSR count). The monoisotopic (exact) mass is 315 g/mol. The summed E-state index contributed by atoms with van der Waals surface area (Å²) in [6.07, 6.45) is 1.000. The van der Waals surface area contributed by atoms with Crippen LogP contribution in [0.1, 0.15) is 36.9 Å². The first-order chi connectivity index (χ1) is 11.1. The molecule has 0 radical (unpaired) electrons. The molecule has 0 fully saturated rings. The molecule has 23 heavy (non-hydrogen) atoms. The Morgan fingerprint density at radius 1 is 1.17 bits per heavy atom. The van der Waals surface area contributed by atoms with Crippen molar-refractivity contribution in [3.63, 3.8) is 0 Å². The van der Waals surface area contributed by atoms with E-state index in [0.717, 1.165) is 12.0 Å². The van der Waals surface area contributed by atoms with Crippen LogP contribution < -0.4 is 10.1 Å². The highest BCUT2D eigenvalue weighted by atomic mass is 19.1. The number of benzene rings is 2. The van der Waals surface area contributed by atoms with E-state index in [4.69, 9.17) is 4.74 Å². The van der Waals surface area contributed by atoms with Gasteiger partial charge in [-0.2, -0.15) is 0 Å². The van der Waals surface area contributed by atoms with Crippen molar-refractivity contribution in [3.8, 4) is 5.75 Å². The number of hydrogen-bond acceptors (Lipinski definition) is 2. The molecule has 2 aromatic rings. The summed E-state index contributed by atoms with van der Waals surface area (Å²) in [4.78, 5) is 12.0. The van der Waals surface area contributed by atoms with E-state index >= 15 is 0 Å². The summed E-state index contributed by atoms with van der Waals surface area (Å²) >= 11 is 0. The van der Waals surface area contributed by atoms with Crippen LogP contribution in [0.5, 0.6) is 5.75 Å². The highest BCUT2D eigenvalue weighted by molar-refractivity contribution is 5.76. The van der Waals surface area contributed by atoms with Gasteiger partial charge < -0.3 is 10.1 Å². The van der Waals surface area contributed by atoms with Crippen molar-refractivity contribution in [3.05, 3.63) is 65.5 Å². The highest BCUT2D eigenvalue weighted by Gasteiger charge is 2.13. The Balaban J connectivity index is 1.83. The lowest BCUT2D eigenvalue weighted by molar-refractivity contribution is -0.122. The van der Waals surface area contributed by atoms with E-state index < -0.39 is 5.82 Å². The summed E-state index contributed by atoms with van der Waals surface area (Å²) in [6.45, 7) is 4.21. The molecule has 0 aliphatic carbocycles. The first-order valence-electron chi connectivity index (χ1n) is 7.83. The first-order valence-corrected chi connectivity index (χ1v) is 7.83. The maximum Gasteiger partial charge on any atom is 0.223 e. The van der Waals surface area contributed by atoms with E-state index in [2.05, 4.69) is 5.32 Å². The summed E-state index contributed by atoms with van der Waals surface area (Å²) in [5, 5.41) is 2.99. The second-order valence-electron chi connectivity index (χ2n) is 5.47. The number of para-hydroxylation sites is 1. The van der Waals surface area contributed by atoms with Crippen molar-refractivity contribution < 1.29 is 13.9 Å². The van der Waals surface area contributed by atoms with E-state index in [1.54, 1.807) is 18.2 Å². The summed E-state index contributed by atoms with van der Waals surface area (Å²) in [5.74, 6) is -0.348. The molecule has 0 aliphatic rings. The molecule has 0 aliphatic heterocycles. The zero-order valence-electron chi connectivity index (χ0n) is 13.5. The average Bonchev–Trinajstić information content (AvgIpc) is 2.55. The van der Waals surface area contributed by atoms with Gasteiger partial charge in [0.25, 0.3) is 0 Å². The van der Waals surface area contributed by atoms with Gasteiger partial charge in [0.05, 0.1) is 19.1 Å². The largest absolute Gasteiger partial charge is 0.490 e. The number of hydrogen-bond donors (Lipinski definition) is 1. The van der Waals surface area contributed by atoms with Crippen LogP contribution in [0, 0.1) is 12.7 Å². The fraction of sp³-hybridized carbons (Fsp3) is 0.316. The van der Waals surface area contributed by atoms with Crippen LogP contribution in [-0.4, -0.2) is 12.5 Å². The van der Waals surface area contributed by atoms with Gasteiger partial charge in [0.1, 0.15) is 0 Å². The summed E-state index contributed by atoms with van der Waals surface area (Å²) in [6, 6.07) is 14.3. The number of aryl methyl sites for hydroxylation is 1. The molecule has 0 bridgehead atoms. The fourth-order valence-electron chi connectivity index (χ4n) is 2.30. The summed E-state index contributed by atoms with van der Waals surface area (Å²) in [7, 11) is 0. The van der Waals surface area contributed by atoms with E-state index in [1.807, 2.05) is 38.1 Å². The van der Waals surface area contributed by atoms with Crippen molar-refractivity contribution in [1.82, 2.24) is 5.32 Å². The maximum atomic E-state index is 13.4. The molecule has 1 N–H and O–H groups in total. The van der Waals surface area contributed by atoms with Crippen LogP contribution in [0.15, 0.2) is 48.5 Å². The van der Waals surface area contributed by atoms with Gasteiger partial charge in [-0.05, 0) is 31.0 Å². The molecule has 4 heteroatoms. The molecule has 0 saturated carbocycles. The van der Waals surface area contributed by atoms with E-state index in [1.165, 1.54) is 11.6 Å². The summed E-state index contributed by atoms with van der Waals surface area (Å²) in [5.41, 5.74) is 2.27. The molecular weight excluding hydrogens is 293 g/mol. The number of nitrogens with one attached hydrogen (secondary N) is 1. The third-order valence-electron chi connectivity index (χ3n) is 3.65. The number of carbonyl (C=O) groups excluding carboxylic acids is 1. The summed E-state index contributed by atoms with van der Waals surface area (Å²) < 4.78 is 18.7. The second kappa shape index (κ2) is 8.32. The first kappa shape index (κ1) is 17.0. The topological polar surface area (TPSA) is 38.3 Å². The minimum absolute atomic E-state index is 0.0171. The molecule has 0 aromatic heterocycles. The second-order valence-corrected chi connectivity index (χ2v) is 5.47. The van der Waals surface area contributed by atoms with Gasteiger partial charge in [-0.15, -0.1) is 0 Å². The van der Waals surface area contributed by atoms with Crippen molar-refractivity contribution >= 4 is 5.91 Å². The Labute approximate surface area is 136 Å². The van der Waals surface area contributed by atoms with Crippen molar-refractivity contribution in [2.75, 3.05) is 6.61 Å². The van der Waals surface area contributed by atoms with Crippen LogP contribution in [0.3, 0.4) is 0 Å². The van der Waals surface area contributed by atoms with Gasteiger partial charge in [-0.3, -0.25) is 4.79 Å². The van der Waals surface area contributed by atoms with Crippen LogP contribution >= 0.6 is 0 Å². The lowest BCUT2D eigenvalue weighted by Crippen LogP contribution is -2.29. The molecule has 1 atom stereocenters. The van der Waals surface area contributed by atoms with E-state index in [0.29, 0.717) is 0 Å². The average molecular weight is 315 g/mol. The van der Waals surface area contributed by atoms with Crippen LogP contribution in [0.25, 0.3) is 0 Å². The smallest absolute Gasteiger partial charge is 0.223 e. The standard InChI is InChI=1S/C19H22FNO2/c1-3-17(15-10-8-14(2)9-11-15)21-19(22)12-13-23-18-7-5-4-6-16(18)20/h4-11,17H,3,12-13H2,1-2H3,(H,21,22). The number of rotatable bonds is 7. The van der Waals surface area contributed by atoms with Crippen LogP contribution in [0.4, 0.5) is 4.39 Å². The highest BCUT2D eigenvalue weighted by Crippen LogP contribution is 2.18. The minimum atomic E-state index is -0.418. The Morgan fingerprint density at radius 3 is 2.52 bits per heavy atom. The minimum Gasteiger partial charge on any atom is -0.490 e. The number of amides is 1. The zero-order chi connectivity index (χ0) is 16.7. The molecule has 0 saturated heterocycles. The Kier molecular flexibility index (Phi) is 6.15. The van der Waals surface area contributed by atoms with Gasteiger partial charge >= 0.3 is 0 Å². The van der Waals surface area contributed by atoms with Gasteiger partial charge in [-0.25, -0.2) is 4.39 Å². The number of ether oxygens (including phenoxy) is 1. The van der Waals surface area contributed by atoms with Crippen molar-refractivity contribution in [2.24, 2.45) is 0 Å². The Bertz CT molecular complexity index is 640. The third-order valence-corrected chi connectivity index (χ3v) is 3.65.